The first-order valence-electron chi connectivity index (χ1n) is 9.81. The van der Waals surface area contributed by atoms with Crippen LogP contribution < -0.4 is 10.8 Å². The van der Waals surface area contributed by atoms with Crippen molar-refractivity contribution in [1.29, 1.82) is 0 Å². The van der Waals surface area contributed by atoms with Gasteiger partial charge >= 0.3 is 0 Å². The minimum Gasteiger partial charge on any atom is -0.389 e. The van der Waals surface area contributed by atoms with Crippen LogP contribution in [0.5, 0.6) is 0 Å². The Labute approximate surface area is 155 Å². The molecule has 0 bridgehead atoms. The van der Waals surface area contributed by atoms with Crippen LogP contribution in [0.25, 0.3) is 16.5 Å². The van der Waals surface area contributed by atoms with E-state index in [1.807, 2.05) is 0 Å². The zero-order valence-corrected chi connectivity index (χ0v) is 15.2. The zero-order valence-electron chi connectivity index (χ0n) is 15.2. The van der Waals surface area contributed by atoms with Crippen molar-refractivity contribution in [2.45, 2.75) is 50.7 Å². The number of hydrogen-bond acceptors (Lipinski definition) is 4. The van der Waals surface area contributed by atoms with Gasteiger partial charge in [0.2, 0.25) is 0 Å². The van der Waals surface area contributed by atoms with Crippen LogP contribution in [-0.2, 0) is 11.3 Å². The van der Waals surface area contributed by atoms with Gasteiger partial charge in [-0.05, 0) is 35.6 Å². The zero-order chi connectivity index (χ0) is 17.8. The first-order chi connectivity index (χ1) is 12.8. The monoisotopic (exact) mass is 352 g/mol. The lowest BCUT2D eigenvalue weighted by Gasteiger charge is -2.24. The van der Waals surface area contributed by atoms with Gasteiger partial charge in [-0.15, -0.1) is 0 Å². The van der Waals surface area contributed by atoms with Crippen LogP contribution in [-0.4, -0.2) is 30.4 Å². The lowest BCUT2D eigenvalue weighted by atomic mass is 9.95. The Morgan fingerprint density at radius 1 is 1.08 bits per heavy atom. The number of allylic oxidation sites excluding steroid dienone is 1. The molecule has 0 radical (unpaired) electrons. The molecule has 0 aliphatic heterocycles. The molecule has 138 valence electrons. The molecule has 0 spiro atoms. The minimum atomic E-state index is -0.498. The molecule has 2 aliphatic carbocycles. The first kappa shape index (κ1) is 17.5. The highest BCUT2D eigenvalue weighted by Gasteiger charge is 2.18. The van der Waals surface area contributed by atoms with Gasteiger partial charge in [0.15, 0.2) is 0 Å². The van der Waals surface area contributed by atoms with Crippen LogP contribution in [0.15, 0.2) is 42.5 Å². The highest BCUT2D eigenvalue weighted by atomic mass is 16.6. The highest BCUT2D eigenvalue weighted by molar-refractivity contribution is 5.92. The summed E-state index contributed by atoms with van der Waals surface area (Å²) in [7, 11) is 0. The quantitative estimate of drug-likeness (QED) is 0.667. The summed E-state index contributed by atoms with van der Waals surface area (Å²) in [5.74, 6) is 0. The number of nitrogens with one attached hydrogen (secondary N) is 2. The molecule has 1 unspecified atom stereocenters. The topological polar surface area (TPSA) is 53.5 Å². The molecule has 4 heteroatoms. The normalized spacial score (nSPS) is 18.6. The molecule has 2 aliphatic rings. The van der Waals surface area contributed by atoms with Crippen LogP contribution in [0.3, 0.4) is 0 Å². The Kier molecular flexibility index (Phi) is 5.54. The molecule has 1 atom stereocenters. The summed E-state index contributed by atoms with van der Waals surface area (Å²) in [4.78, 5) is 5.58. The average Bonchev–Trinajstić information content (AvgIpc) is 3.11. The highest BCUT2D eigenvalue weighted by Crippen LogP contribution is 2.31. The van der Waals surface area contributed by atoms with Gasteiger partial charge < -0.3 is 10.4 Å². The number of rotatable bonds is 7. The van der Waals surface area contributed by atoms with Crippen molar-refractivity contribution in [3.8, 4) is 0 Å². The van der Waals surface area contributed by atoms with Crippen LogP contribution in [0.2, 0.25) is 0 Å². The Bertz CT molecular complexity index is 781. The van der Waals surface area contributed by atoms with Crippen LogP contribution in [0, 0.1) is 0 Å². The number of benzene rings is 2. The van der Waals surface area contributed by atoms with Crippen molar-refractivity contribution in [2.75, 3.05) is 13.2 Å². The van der Waals surface area contributed by atoms with Crippen molar-refractivity contribution >= 4 is 16.5 Å². The Hall–Kier alpha value is -1.88. The van der Waals surface area contributed by atoms with E-state index in [1.165, 1.54) is 54.0 Å². The van der Waals surface area contributed by atoms with Gasteiger partial charge in [0.05, 0.1) is 11.8 Å². The third kappa shape index (κ3) is 3.93. The molecule has 26 heavy (non-hydrogen) atoms. The smallest absolute Gasteiger partial charge is 0.102 e. The second-order valence-corrected chi connectivity index (χ2v) is 7.44. The van der Waals surface area contributed by atoms with Gasteiger partial charge in [-0.25, -0.2) is 0 Å². The third-order valence-electron chi connectivity index (χ3n) is 5.55. The lowest BCUT2D eigenvalue weighted by molar-refractivity contribution is 0.00290. The molecule has 1 fully saturated rings. The van der Waals surface area contributed by atoms with Crippen molar-refractivity contribution in [3.05, 3.63) is 53.6 Å². The molecule has 0 saturated heterocycles. The van der Waals surface area contributed by atoms with Crippen LogP contribution in [0.1, 0.15) is 43.2 Å². The molecule has 0 amide bonds. The predicted octanol–water partition coefficient (Wildman–Crippen LogP) is 3.54. The molecule has 4 rings (SSSR count). The molecular formula is C22H28N2O2. The van der Waals surface area contributed by atoms with Gasteiger partial charge in [-0.2, -0.15) is 0 Å². The molecular weight excluding hydrogens is 324 g/mol. The average molecular weight is 352 g/mol. The van der Waals surface area contributed by atoms with E-state index in [1.54, 1.807) is 0 Å². The van der Waals surface area contributed by atoms with E-state index < -0.39 is 6.10 Å². The molecule has 1 saturated carbocycles. The number of hydroxylamine groups is 1. The van der Waals surface area contributed by atoms with E-state index in [0.717, 1.165) is 12.1 Å². The van der Waals surface area contributed by atoms with Gasteiger partial charge in [0.25, 0.3) is 0 Å². The maximum atomic E-state index is 10.1. The van der Waals surface area contributed by atoms with E-state index in [0.29, 0.717) is 12.6 Å². The fourth-order valence-electron chi connectivity index (χ4n) is 4.10. The van der Waals surface area contributed by atoms with Gasteiger partial charge in [-0.1, -0.05) is 61.7 Å². The van der Waals surface area contributed by atoms with Crippen molar-refractivity contribution in [3.63, 3.8) is 0 Å². The molecule has 4 nitrogen and oxygen atoms in total. The molecule has 2 aromatic carbocycles. The van der Waals surface area contributed by atoms with E-state index >= 15 is 0 Å². The number of aliphatic hydroxyl groups excluding tert-OH is 1. The van der Waals surface area contributed by atoms with E-state index in [-0.39, 0.29) is 6.61 Å². The number of fused-ring (bicyclic) bond motifs is 3. The standard InChI is InChI=1S/C22H28N2O2/c25-18(14-23-17-7-2-1-3-8-17)15-26-24-22-13-12-20-19-9-5-4-6-16(19)10-11-21(20)22/h4-6,9-11,13,17-18,23-25H,1-3,7-8,12,14-15H2. The summed E-state index contributed by atoms with van der Waals surface area (Å²) in [6.07, 6.45) is 8.97. The van der Waals surface area contributed by atoms with Crippen LogP contribution in [0.4, 0.5) is 0 Å². The largest absolute Gasteiger partial charge is 0.389 e. The molecule has 3 N–H and O–H groups in total. The Morgan fingerprint density at radius 2 is 1.92 bits per heavy atom. The van der Waals surface area contributed by atoms with Gasteiger partial charge in [-0.3, -0.25) is 10.3 Å². The molecule has 0 aromatic heterocycles. The van der Waals surface area contributed by atoms with Crippen molar-refractivity contribution in [2.24, 2.45) is 0 Å². The fraction of sp³-hybridized carbons (Fsp3) is 0.455. The predicted molar refractivity (Wildman–Crippen MR) is 106 cm³/mol. The van der Waals surface area contributed by atoms with E-state index in [4.69, 9.17) is 4.84 Å². The second-order valence-electron chi connectivity index (χ2n) is 7.44. The lowest BCUT2D eigenvalue weighted by Crippen LogP contribution is -2.39. The molecule has 0 heterocycles. The van der Waals surface area contributed by atoms with Gasteiger partial charge in [0.1, 0.15) is 6.61 Å². The van der Waals surface area contributed by atoms with E-state index in [9.17, 15) is 5.11 Å². The van der Waals surface area contributed by atoms with Crippen molar-refractivity contribution < 1.29 is 9.94 Å². The maximum absolute atomic E-state index is 10.1. The van der Waals surface area contributed by atoms with Gasteiger partial charge in [0, 0.05) is 18.2 Å². The Balaban J connectivity index is 1.26. The maximum Gasteiger partial charge on any atom is 0.102 e. The van der Waals surface area contributed by atoms with Crippen molar-refractivity contribution in [1.82, 2.24) is 10.8 Å². The number of aliphatic hydroxyl groups is 1. The second kappa shape index (κ2) is 8.21. The number of hydrogen-bond donors (Lipinski definition) is 3. The summed E-state index contributed by atoms with van der Waals surface area (Å²) in [6.45, 7) is 0.868. The first-order valence-corrected chi connectivity index (χ1v) is 9.81. The Morgan fingerprint density at radius 3 is 2.81 bits per heavy atom. The summed E-state index contributed by atoms with van der Waals surface area (Å²) in [5, 5.41) is 16.2. The van der Waals surface area contributed by atoms with E-state index in [2.05, 4.69) is 53.3 Å². The summed E-state index contributed by atoms with van der Waals surface area (Å²) >= 11 is 0. The van der Waals surface area contributed by atoms with Crippen LogP contribution >= 0.6 is 0 Å². The third-order valence-corrected chi connectivity index (χ3v) is 5.55. The molecule has 2 aromatic rings. The fourth-order valence-corrected chi connectivity index (χ4v) is 4.10. The summed E-state index contributed by atoms with van der Waals surface area (Å²) < 4.78 is 0. The SMILES string of the molecule is OC(CNC1CCCCC1)CONC1=CCc2c1ccc1ccccc21. The minimum absolute atomic E-state index is 0.278. The summed E-state index contributed by atoms with van der Waals surface area (Å²) in [6, 6.07) is 13.3. The summed E-state index contributed by atoms with van der Waals surface area (Å²) in [5.41, 5.74) is 6.58.